The standard InChI is InChI=1S/C10H9BrO3/c11-8-3-1-4-9(7-8)14-10(13)5-2-6-12/h1,3-4,6-7H,2,5H2. The van der Waals surface area contributed by atoms with Crippen LogP contribution >= 0.6 is 15.9 Å². The van der Waals surface area contributed by atoms with Crippen molar-refractivity contribution < 1.29 is 14.3 Å². The molecule has 0 aliphatic rings. The van der Waals surface area contributed by atoms with E-state index in [1.165, 1.54) is 0 Å². The highest BCUT2D eigenvalue weighted by Crippen LogP contribution is 2.18. The first-order chi connectivity index (χ1) is 6.72. The number of hydrogen-bond acceptors (Lipinski definition) is 3. The molecule has 1 aromatic rings. The topological polar surface area (TPSA) is 43.4 Å². The highest BCUT2D eigenvalue weighted by molar-refractivity contribution is 9.10. The van der Waals surface area contributed by atoms with Gasteiger partial charge in [-0.2, -0.15) is 0 Å². The second kappa shape index (κ2) is 5.54. The number of rotatable bonds is 4. The molecule has 0 fully saturated rings. The van der Waals surface area contributed by atoms with E-state index in [4.69, 9.17) is 4.74 Å². The van der Waals surface area contributed by atoms with Gasteiger partial charge in [-0.25, -0.2) is 0 Å². The van der Waals surface area contributed by atoms with Crippen LogP contribution in [0.15, 0.2) is 28.7 Å². The molecule has 0 aromatic heterocycles. The van der Waals surface area contributed by atoms with Crippen LogP contribution in [-0.2, 0) is 9.59 Å². The normalized spacial score (nSPS) is 9.50. The lowest BCUT2D eigenvalue weighted by Crippen LogP contribution is -2.07. The Morgan fingerprint density at radius 1 is 1.50 bits per heavy atom. The molecule has 3 nitrogen and oxygen atoms in total. The Balaban J connectivity index is 2.51. The summed E-state index contributed by atoms with van der Waals surface area (Å²) in [4.78, 5) is 21.1. The molecule has 0 aliphatic heterocycles. The summed E-state index contributed by atoms with van der Waals surface area (Å²) in [6.45, 7) is 0. The van der Waals surface area contributed by atoms with Crippen LogP contribution in [0.3, 0.4) is 0 Å². The number of aldehydes is 1. The average Bonchev–Trinajstić information content (AvgIpc) is 2.15. The summed E-state index contributed by atoms with van der Waals surface area (Å²) in [6.07, 6.45) is 1.02. The SMILES string of the molecule is O=CCCC(=O)Oc1cccc(Br)c1. The van der Waals surface area contributed by atoms with Gasteiger partial charge in [-0.1, -0.05) is 22.0 Å². The van der Waals surface area contributed by atoms with Crippen LogP contribution in [0, 0.1) is 0 Å². The van der Waals surface area contributed by atoms with Gasteiger partial charge < -0.3 is 9.53 Å². The fraction of sp³-hybridized carbons (Fsp3) is 0.200. The Hall–Kier alpha value is -1.16. The van der Waals surface area contributed by atoms with Crippen molar-refractivity contribution in [3.63, 3.8) is 0 Å². The summed E-state index contributed by atoms with van der Waals surface area (Å²) in [5.74, 6) is 0.0884. The second-order valence-electron chi connectivity index (χ2n) is 2.64. The van der Waals surface area contributed by atoms with Crippen LogP contribution in [0.4, 0.5) is 0 Å². The van der Waals surface area contributed by atoms with E-state index in [0.717, 1.165) is 4.47 Å². The first-order valence-corrected chi connectivity index (χ1v) is 4.91. The molecule has 0 heterocycles. The maximum atomic E-state index is 11.1. The van der Waals surface area contributed by atoms with E-state index in [1.807, 2.05) is 6.07 Å². The Kier molecular flexibility index (Phi) is 4.32. The minimum Gasteiger partial charge on any atom is -0.426 e. The lowest BCUT2D eigenvalue weighted by Gasteiger charge is -2.02. The second-order valence-corrected chi connectivity index (χ2v) is 3.55. The van der Waals surface area contributed by atoms with Crippen LogP contribution in [0.5, 0.6) is 5.75 Å². The number of esters is 1. The number of halogens is 1. The summed E-state index contributed by atoms with van der Waals surface area (Å²) in [5, 5.41) is 0. The quantitative estimate of drug-likeness (QED) is 0.472. The summed E-state index contributed by atoms with van der Waals surface area (Å²) >= 11 is 3.26. The molecule has 1 rings (SSSR count). The molecule has 0 bridgehead atoms. The molecular weight excluding hydrogens is 248 g/mol. The Bertz CT molecular complexity index is 336. The predicted octanol–water partition coefficient (Wildman–Crippen LogP) is 2.33. The predicted molar refractivity (Wildman–Crippen MR) is 55.1 cm³/mol. The van der Waals surface area contributed by atoms with E-state index < -0.39 is 5.97 Å². The van der Waals surface area contributed by atoms with Crippen LogP contribution in [0.2, 0.25) is 0 Å². The van der Waals surface area contributed by atoms with E-state index in [2.05, 4.69) is 15.9 Å². The monoisotopic (exact) mass is 256 g/mol. The van der Waals surface area contributed by atoms with Gasteiger partial charge in [0.2, 0.25) is 0 Å². The molecule has 0 saturated heterocycles. The first kappa shape index (κ1) is 10.9. The molecule has 0 aliphatic carbocycles. The van der Waals surface area contributed by atoms with E-state index in [0.29, 0.717) is 12.0 Å². The zero-order valence-electron chi connectivity index (χ0n) is 7.40. The van der Waals surface area contributed by atoms with Gasteiger partial charge >= 0.3 is 5.97 Å². The maximum absolute atomic E-state index is 11.1. The molecule has 4 heteroatoms. The smallest absolute Gasteiger partial charge is 0.311 e. The van der Waals surface area contributed by atoms with Crippen LogP contribution in [-0.4, -0.2) is 12.3 Å². The number of carbonyl (C=O) groups excluding carboxylic acids is 2. The molecular formula is C10H9BrO3. The molecule has 14 heavy (non-hydrogen) atoms. The lowest BCUT2D eigenvalue weighted by atomic mass is 10.3. The Morgan fingerprint density at radius 3 is 2.93 bits per heavy atom. The van der Waals surface area contributed by atoms with E-state index >= 15 is 0 Å². The highest BCUT2D eigenvalue weighted by Gasteiger charge is 2.03. The molecule has 1 aromatic carbocycles. The lowest BCUT2D eigenvalue weighted by molar-refractivity contribution is -0.135. The minimum absolute atomic E-state index is 0.121. The van der Waals surface area contributed by atoms with Crippen LogP contribution in [0.1, 0.15) is 12.8 Å². The van der Waals surface area contributed by atoms with Gasteiger partial charge in [0, 0.05) is 10.9 Å². The summed E-state index contributed by atoms with van der Waals surface area (Å²) in [5.41, 5.74) is 0. The number of carbonyl (C=O) groups is 2. The average molecular weight is 257 g/mol. The number of ether oxygens (including phenoxy) is 1. The van der Waals surface area contributed by atoms with E-state index in [9.17, 15) is 9.59 Å². The third kappa shape index (κ3) is 3.70. The fourth-order valence-corrected chi connectivity index (χ4v) is 1.27. The third-order valence-electron chi connectivity index (χ3n) is 1.49. The minimum atomic E-state index is -0.393. The summed E-state index contributed by atoms with van der Waals surface area (Å²) in [7, 11) is 0. The van der Waals surface area contributed by atoms with Gasteiger partial charge in [0.05, 0.1) is 6.42 Å². The van der Waals surface area contributed by atoms with Crippen LogP contribution < -0.4 is 4.74 Å². The molecule has 0 spiro atoms. The molecule has 0 N–H and O–H groups in total. The van der Waals surface area contributed by atoms with Crippen molar-refractivity contribution in [3.8, 4) is 5.75 Å². The zero-order valence-corrected chi connectivity index (χ0v) is 8.99. The number of benzene rings is 1. The van der Waals surface area contributed by atoms with E-state index in [-0.39, 0.29) is 12.8 Å². The van der Waals surface area contributed by atoms with Crippen molar-refractivity contribution in [3.05, 3.63) is 28.7 Å². The van der Waals surface area contributed by atoms with Crippen molar-refractivity contribution in [2.45, 2.75) is 12.8 Å². The molecule has 0 atom stereocenters. The van der Waals surface area contributed by atoms with Crippen LogP contribution in [0.25, 0.3) is 0 Å². The molecule has 0 saturated carbocycles. The van der Waals surface area contributed by atoms with Gasteiger partial charge in [-0.05, 0) is 18.2 Å². The largest absolute Gasteiger partial charge is 0.426 e. The molecule has 0 amide bonds. The number of hydrogen-bond donors (Lipinski definition) is 0. The van der Waals surface area contributed by atoms with Gasteiger partial charge in [-0.15, -0.1) is 0 Å². The summed E-state index contributed by atoms with van der Waals surface area (Å²) in [6, 6.07) is 6.98. The third-order valence-corrected chi connectivity index (χ3v) is 1.99. The Labute approximate surface area is 90.2 Å². The van der Waals surface area contributed by atoms with Crippen molar-refractivity contribution >= 4 is 28.2 Å². The van der Waals surface area contributed by atoms with Gasteiger partial charge in [0.1, 0.15) is 12.0 Å². The van der Waals surface area contributed by atoms with E-state index in [1.54, 1.807) is 18.2 Å². The molecule has 74 valence electrons. The molecule has 0 radical (unpaired) electrons. The van der Waals surface area contributed by atoms with Gasteiger partial charge in [0.15, 0.2) is 0 Å². The zero-order chi connectivity index (χ0) is 10.4. The van der Waals surface area contributed by atoms with Crippen molar-refractivity contribution in [2.24, 2.45) is 0 Å². The Morgan fingerprint density at radius 2 is 2.29 bits per heavy atom. The first-order valence-electron chi connectivity index (χ1n) is 4.12. The van der Waals surface area contributed by atoms with Crippen molar-refractivity contribution in [2.75, 3.05) is 0 Å². The summed E-state index contributed by atoms with van der Waals surface area (Å²) < 4.78 is 5.81. The molecule has 0 unspecified atom stereocenters. The maximum Gasteiger partial charge on any atom is 0.311 e. The van der Waals surface area contributed by atoms with Gasteiger partial charge in [0.25, 0.3) is 0 Å². The van der Waals surface area contributed by atoms with Crippen molar-refractivity contribution in [1.29, 1.82) is 0 Å². The highest BCUT2D eigenvalue weighted by atomic mass is 79.9. The van der Waals surface area contributed by atoms with Crippen molar-refractivity contribution in [1.82, 2.24) is 0 Å². The van der Waals surface area contributed by atoms with Gasteiger partial charge in [-0.3, -0.25) is 4.79 Å². The fourth-order valence-electron chi connectivity index (χ4n) is 0.890.